The first-order chi connectivity index (χ1) is 14.2. The number of carbonyl (C=O) groups is 1. The van der Waals surface area contributed by atoms with Crippen molar-refractivity contribution in [3.63, 3.8) is 0 Å². The minimum absolute atomic E-state index is 0.0232. The number of anilines is 1. The number of nitrogens with one attached hydrogen (secondary N) is 2. The van der Waals surface area contributed by atoms with Gasteiger partial charge in [0.25, 0.3) is 5.91 Å². The number of hydrogen-bond donors (Lipinski definition) is 2. The van der Waals surface area contributed by atoms with Crippen LogP contribution in [0, 0.1) is 0 Å². The standard InChI is InChI=1S/C20H20FN5O3/c21-13-29-17-7-5-16(6-8-17)26-12-18(24-25-26)20(27)23-15-3-1-14(2-4-15)19-11-22-9-10-28-19/h1-8,12,19,22H,9-11,13H2,(H,23,27). The molecule has 1 fully saturated rings. The lowest BCUT2D eigenvalue weighted by molar-refractivity contribution is 0.0277. The highest BCUT2D eigenvalue weighted by Gasteiger charge is 2.16. The van der Waals surface area contributed by atoms with Crippen LogP contribution in [0.1, 0.15) is 22.2 Å². The Kier molecular flexibility index (Phi) is 5.78. The Hall–Kier alpha value is -3.30. The van der Waals surface area contributed by atoms with Crippen LogP contribution in [0.2, 0.25) is 0 Å². The smallest absolute Gasteiger partial charge is 0.277 e. The molecule has 1 amide bonds. The van der Waals surface area contributed by atoms with Crippen LogP contribution in [0.15, 0.2) is 54.7 Å². The van der Waals surface area contributed by atoms with Gasteiger partial charge in [0, 0.05) is 18.8 Å². The molecule has 9 heteroatoms. The number of aromatic nitrogens is 3. The number of alkyl halides is 1. The molecule has 0 aliphatic carbocycles. The van der Waals surface area contributed by atoms with Crippen LogP contribution in [0.3, 0.4) is 0 Å². The zero-order valence-electron chi connectivity index (χ0n) is 15.5. The normalized spacial score (nSPS) is 16.4. The zero-order chi connectivity index (χ0) is 20.1. The summed E-state index contributed by atoms with van der Waals surface area (Å²) in [6.07, 6.45) is 1.55. The molecule has 2 N–H and O–H groups in total. The van der Waals surface area contributed by atoms with Gasteiger partial charge in [-0.15, -0.1) is 5.10 Å². The van der Waals surface area contributed by atoms with Gasteiger partial charge >= 0.3 is 0 Å². The van der Waals surface area contributed by atoms with Crippen LogP contribution in [-0.4, -0.2) is 47.5 Å². The fraction of sp³-hybridized carbons (Fsp3) is 0.250. The Morgan fingerprint density at radius 1 is 1.24 bits per heavy atom. The Bertz CT molecular complexity index is 953. The molecule has 1 aromatic heterocycles. The van der Waals surface area contributed by atoms with E-state index in [9.17, 15) is 9.18 Å². The van der Waals surface area contributed by atoms with E-state index in [0.717, 1.165) is 18.7 Å². The van der Waals surface area contributed by atoms with Crippen molar-refractivity contribution in [2.45, 2.75) is 6.10 Å². The predicted octanol–water partition coefficient (Wildman–Crippen LogP) is 2.49. The van der Waals surface area contributed by atoms with Gasteiger partial charge in [-0.25, -0.2) is 9.07 Å². The molecule has 0 radical (unpaired) electrons. The van der Waals surface area contributed by atoms with Crippen molar-refractivity contribution < 1.29 is 18.7 Å². The summed E-state index contributed by atoms with van der Waals surface area (Å²) in [4.78, 5) is 12.5. The van der Waals surface area contributed by atoms with Crippen LogP contribution < -0.4 is 15.4 Å². The van der Waals surface area contributed by atoms with E-state index in [1.165, 1.54) is 10.9 Å². The second-order valence-electron chi connectivity index (χ2n) is 6.44. The molecule has 1 aliphatic heterocycles. The number of rotatable bonds is 6. The molecule has 0 saturated carbocycles. The van der Waals surface area contributed by atoms with E-state index in [2.05, 4.69) is 20.9 Å². The van der Waals surface area contributed by atoms with Gasteiger partial charge in [0.15, 0.2) is 5.69 Å². The van der Waals surface area contributed by atoms with Gasteiger partial charge < -0.3 is 20.1 Å². The van der Waals surface area contributed by atoms with Gasteiger partial charge in [-0.05, 0) is 42.0 Å². The molecule has 3 aromatic rings. The fourth-order valence-electron chi connectivity index (χ4n) is 3.01. The van der Waals surface area contributed by atoms with Crippen LogP contribution in [-0.2, 0) is 4.74 Å². The average molecular weight is 397 g/mol. The maximum Gasteiger partial charge on any atom is 0.277 e. The number of benzene rings is 2. The van der Waals surface area contributed by atoms with E-state index < -0.39 is 6.86 Å². The van der Waals surface area contributed by atoms with Gasteiger partial charge in [-0.1, -0.05) is 17.3 Å². The van der Waals surface area contributed by atoms with E-state index in [0.29, 0.717) is 23.7 Å². The van der Waals surface area contributed by atoms with Crippen molar-refractivity contribution in [1.29, 1.82) is 0 Å². The summed E-state index contributed by atoms with van der Waals surface area (Å²) >= 11 is 0. The van der Waals surface area contributed by atoms with Crippen molar-refractivity contribution in [3.05, 3.63) is 66.0 Å². The Morgan fingerprint density at radius 3 is 2.72 bits per heavy atom. The molecule has 2 heterocycles. The molecule has 150 valence electrons. The molecular formula is C20H20FN5O3. The van der Waals surface area contributed by atoms with Crippen molar-refractivity contribution in [2.24, 2.45) is 0 Å². The van der Waals surface area contributed by atoms with Crippen molar-refractivity contribution in [1.82, 2.24) is 20.3 Å². The molecule has 0 spiro atoms. The lowest BCUT2D eigenvalue weighted by Crippen LogP contribution is -2.33. The average Bonchev–Trinajstić information content (AvgIpc) is 3.26. The number of amides is 1. The molecular weight excluding hydrogens is 377 g/mol. The third-order valence-corrected chi connectivity index (χ3v) is 4.52. The summed E-state index contributed by atoms with van der Waals surface area (Å²) in [5.41, 5.74) is 2.57. The first-order valence-corrected chi connectivity index (χ1v) is 9.18. The van der Waals surface area contributed by atoms with Crippen LogP contribution in [0.25, 0.3) is 5.69 Å². The minimum atomic E-state index is -0.890. The molecule has 2 aromatic carbocycles. The molecule has 1 atom stereocenters. The van der Waals surface area contributed by atoms with Crippen molar-refractivity contribution in [2.75, 3.05) is 31.9 Å². The molecule has 1 unspecified atom stereocenters. The van der Waals surface area contributed by atoms with E-state index in [1.54, 1.807) is 24.3 Å². The van der Waals surface area contributed by atoms with Crippen molar-refractivity contribution >= 4 is 11.6 Å². The molecule has 8 nitrogen and oxygen atoms in total. The topological polar surface area (TPSA) is 90.3 Å². The molecule has 29 heavy (non-hydrogen) atoms. The quantitative estimate of drug-likeness (QED) is 0.664. The maximum atomic E-state index is 12.5. The highest BCUT2D eigenvalue weighted by atomic mass is 19.1. The van der Waals surface area contributed by atoms with E-state index in [4.69, 9.17) is 9.47 Å². The SMILES string of the molecule is O=C(Nc1ccc(C2CNCCO2)cc1)c1cn(-c2ccc(OCF)cc2)nn1. The van der Waals surface area contributed by atoms with Crippen LogP contribution in [0.5, 0.6) is 5.75 Å². The lowest BCUT2D eigenvalue weighted by Gasteiger charge is -2.24. The summed E-state index contributed by atoms with van der Waals surface area (Å²) < 4.78 is 24.1. The molecule has 4 rings (SSSR count). The fourth-order valence-corrected chi connectivity index (χ4v) is 3.01. The highest BCUT2D eigenvalue weighted by molar-refractivity contribution is 6.02. The summed E-state index contributed by atoms with van der Waals surface area (Å²) in [5, 5.41) is 14.0. The largest absolute Gasteiger partial charge is 0.463 e. The summed E-state index contributed by atoms with van der Waals surface area (Å²) in [6, 6.07) is 14.2. The Labute approximate surface area is 166 Å². The Balaban J connectivity index is 1.40. The predicted molar refractivity (Wildman–Crippen MR) is 104 cm³/mol. The summed E-state index contributed by atoms with van der Waals surface area (Å²) in [5.74, 6) is 0.0455. The minimum Gasteiger partial charge on any atom is -0.463 e. The third-order valence-electron chi connectivity index (χ3n) is 4.52. The van der Waals surface area contributed by atoms with Crippen molar-refractivity contribution in [3.8, 4) is 11.4 Å². The number of hydrogen-bond acceptors (Lipinski definition) is 6. The molecule has 1 saturated heterocycles. The number of ether oxygens (including phenoxy) is 2. The second kappa shape index (κ2) is 8.80. The van der Waals surface area contributed by atoms with E-state index in [-0.39, 0.29) is 17.7 Å². The van der Waals surface area contributed by atoms with Gasteiger partial charge in [-0.2, -0.15) is 0 Å². The zero-order valence-corrected chi connectivity index (χ0v) is 15.5. The van der Waals surface area contributed by atoms with Crippen LogP contribution in [0.4, 0.5) is 10.1 Å². The Morgan fingerprint density at radius 2 is 2.03 bits per heavy atom. The van der Waals surface area contributed by atoms with Gasteiger partial charge in [0.2, 0.25) is 6.86 Å². The third kappa shape index (κ3) is 4.58. The first-order valence-electron chi connectivity index (χ1n) is 9.18. The van der Waals surface area contributed by atoms with Gasteiger partial charge in [-0.3, -0.25) is 4.79 Å². The van der Waals surface area contributed by atoms with Gasteiger partial charge in [0.1, 0.15) is 5.75 Å². The van der Waals surface area contributed by atoms with Crippen LogP contribution >= 0.6 is 0 Å². The maximum absolute atomic E-state index is 12.5. The number of halogens is 1. The number of nitrogens with zero attached hydrogens (tertiary/aromatic N) is 3. The summed E-state index contributed by atoms with van der Waals surface area (Å²) in [7, 11) is 0. The van der Waals surface area contributed by atoms with E-state index in [1.807, 2.05) is 24.3 Å². The molecule has 1 aliphatic rings. The van der Waals surface area contributed by atoms with E-state index >= 15 is 0 Å². The second-order valence-corrected chi connectivity index (χ2v) is 6.44. The monoisotopic (exact) mass is 397 g/mol. The first kappa shape index (κ1) is 19.0. The number of morpholine rings is 1. The summed E-state index contributed by atoms with van der Waals surface area (Å²) in [6.45, 7) is 1.43. The lowest BCUT2D eigenvalue weighted by atomic mass is 10.1. The number of carbonyl (C=O) groups excluding carboxylic acids is 1. The van der Waals surface area contributed by atoms with Gasteiger partial charge in [0.05, 0.1) is 24.6 Å². The molecule has 0 bridgehead atoms. The highest BCUT2D eigenvalue weighted by Crippen LogP contribution is 2.21.